The smallest absolute Gasteiger partial charge is 0.307 e. The van der Waals surface area contributed by atoms with Gasteiger partial charge in [0.1, 0.15) is 5.75 Å². The number of ether oxygens (including phenoxy) is 2. The largest absolute Gasteiger partial charge is 0.494 e. The van der Waals surface area contributed by atoms with Gasteiger partial charge in [-0.3, -0.25) is 4.79 Å². The van der Waals surface area contributed by atoms with E-state index in [-0.39, 0.29) is 5.97 Å². The van der Waals surface area contributed by atoms with Gasteiger partial charge >= 0.3 is 5.97 Å². The molecule has 0 N–H and O–H groups in total. The third kappa shape index (κ3) is 9.51. The van der Waals surface area contributed by atoms with E-state index in [1.807, 2.05) is 25.6 Å². The fourth-order valence-electron chi connectivity index (χ4n) is 5.12. The van der Waals surface area contributed by atoms with Gasteiger partial charge in [0.05, 0.1) is 26.0 Å². The first-order valence-corrected chi connectivity index (χ1v) is 14.3. The highest BCUT2D eigenvalue weighted by atomic mass is 16.5. The highest BCUT2D eigenvalue weighted by Crippen LogP contribution is 2.40. The van der Waals surface area contributed by atoms with Gasteiger partial charge in [0.15, 0.2) is 0 Å². The molecule has 0 aliphatic carbocycles. The van der Waals surface area contributed by atoms with Crippen molar-refractivity contribution < 1.29 is 14.3 Å². The molecule has 0 fully saturated rings. The second kappa shape index (κ2) is 16.3. The highest BCUT2D eigenvalue weighted by molar-refractivity contribution is 5.71. The van der Waals surface area contributed by atoms with Gasteiger partial charge < -0.3 is 18.9 Å². The fraction of sp³-hybridized carbons (Fsp3) is 0.667. The van der Waals surface area contributed by atoms with E-state index < -0.39 is 0 Å². The first-order chi connectivity index (χ1) is 17.7. The van der Waals surface area contributed by atoms with E-state index in [0.717, 1.165) is 38.3 Å². The molecule has 1 aliphatic rings. The molecule has 6 heteroatoms. The van der Waals surface area contributed by atoms with E-state index in [9.17, 15) is 4.79 Å². The molecule has 0 saturated heterocycles. The number of carbonyl (C=O) groups excluding carboxylic acids is 1. The average Bonchev–Trinajstić information content (AvgIpc) is 3.52. The second-order valence-electron chi connectivity index (χ2n) is 10.0. The molecule has 1 aromatic carbocycles. The fourth-order valence-corrected chi connectivity index (χ4v) is 5.12. The Kier molecular flexibility index (Phi) is 12.7. The number of carbonyl (C=O) groups is 1. The molecule has 3 rings (SSSR count). The van der Waals surface area contributed by atoms with E-state index in [0.29, 0.717) is 25.5 Å². The Bertz CT molecular complexity index is 868. The normalized spacial score (nSPS) is 14.7. The number of hydrogen-bond donors (Lipinski definition) is 0. The number of anilines is 1. The van der Waals surface area contributed by atoms with E-state index in [1.165, 1.54) is 69.0 Å². The number of hydrogen-bond acceptors (Lipinski definition) is 5. The van der Waals surface area contributed by atoms with Crippen molar-refractivity contribution in [1.82, 2.24) is 9.55 Å². The molecule has 1 aromatic heterocycles. The lowest BCUT2D eigenvalue weighted by Gasteiger charge is -2.19. The molecule has 1 unspecified atom stereocenters. The zero-order valence-corrected chi connectivity index (χ0v) is 22.6. The van der Waals surface area contributed by atoms with Crippen LogP contribution in [0.1, 0.15) is 102 Å². The van der Waals surface area contributed by atoms with Crippen LogP contribution in [0.4, 0.5) is 5.69 Å². The van der Waals surface area contributed by atoms with Crippen LogP contribution < -0.4 is 9.64 Å². The first kappa shape index (κ1) is 28.1. The molecule has 200 valence electrons. The van der Waals surface area contributed by atoms with Crippen LogP contribution in [0.3, 0.4) is 0 Å². The summed E-state index contributed by atoms with van der Waals surface area (Å²) < 4.78 is 13.4. The van der Waals surface area contributed by atoms with Crippen LogP contribution in [0.5, 0.6) is 5.75 Å². The number of unbranched alkanes of at least 4 members (excludes halogenated alkanes) is 9. The molecule has 2 aromatic rings. The Morgan fingerprint density at radius 2 is 1.75 bits per heavy atom. The predicted molar refractivity (Wildman–Crippen MR) is 147 cm³/mol. The second-order valence-corrected chi connectivity index (χ2v) is 10.0. The van der Waals surface area contributed by atoms with Crippen molar-refractivity contribution >= 4 is 11.7 Å². The van der Waals surface area contributed by atoms with E-state index in [4.69, 9.17) is 9.47 Å². The van der Waals surface area contributed by atoms with Crippen molar-refractivity contribution in [2.24, 2.45) is 0 Å². The Morgan fingerprint density at radius 3 is 2.44 bits per heavy atom. The van der Waals surface area contributed by atoms with Gasteiger partial charge in [-0.1, -0.05) is 64.7 Å². The minimum Gasteiger partial charge on any atom is -0.494 e. The molecule has 6 nitrogen and oxygen atoms in total. The monoisotopic (exact) mass is 497 g/mol. The summed E-state index contributed by atoms with van der Waals surface area (Å²) >= 11 is 0. The minimum absolute atomic E-state index is 0.127. The highest BCUT2D eigenvalue weighted by Gasteiger charge is 2.29. The minimum atomic E-state index is -0.127. The summed E-state index contributed by atoms with van der Waals surface area (Å²) in [5.74, 6) is 1.24. The van der Waals surface area contributed by atoms with Crippen LogP contribution in [-0.4, -0.2) is 41.8 Å². The summed E-state index contributed by atoms with van der Waals surface area (Å²) in [7, 11) is 0. The van der Waals surface area contributed by atoms with Crippen molar-refractivity contribution in [2.45, 2.75) is 103 Å². The number of aryl methyl sites for hydroxylation is 1. The van der Waals surface area contributed by atoms with Crippen molar-refractivity contribution in [1.29, 1.82) is 0 Å². The lowest BCUT2D eigenvalue weighted by molar-refractivity contribution is -0.142. The summed E-state index contributed by atoms with van der Waals surface area (Å²) in [6.45, 7) is 7.88. The quantitative estimate of drug-likeness (QED) is 0.153. The summed E-state index contributed by atoms with van der Waals surface area (Å²) in [5.41, 5.74) is 2.56. The van der Waals surface area contributed by atoms with E-state index in [2.05, 4.69) is 39.6 Å². The van der Waals surface area contributed by atoms with Crippen LogP contribution >= 0.6 is 0 Å². The predicted octanol–water partition coefficient (Wildman–Crippen LogP) is 7.13. The topological polar surface area (TPSA) is 56.6 Å². The van der Waals surface area contributed by atoms with Crippen molar-refractivity contribution in [2.75, 3.05) is 31.2 Å². The first-order valence-electron chi connectivity index (χ1n) is 14.3. The Labute approximate surface area is 218 Å². The van der Waals surface area contributed by atoms with Crippen LogP contribution in [0.15, 0.2) is 36.9 Å². The molecule has 0 radical (unpaired) electrons. The van der Waals surface area contributed by atoms with Crippen LogP contribution in [0.25, 0.3) is 0 Å². The molecule has 0 amide bonds. The molecule has 2 heterocycles. The van der Waals surface area contributed by atoms with E-state index >= 15 is 0 Å². The number of esters is 1. The molecule has 0 spiro atoms. The van der Waals surface area contributed by atoms with Crippen molar-refractivity contribution in [3.63, 3.8) is 0 Å². The Hall–Kier alpha value is -2.50. The summed E-state index contributed by atoms with van der Waals surface area (Å²) in [6.07, 6.45) is 20.5. The van der Waals surface area contributed by atoms with Gasteiger partial charge in [-0.25, -0.2) is 4.98 Å². The third-order valence-electron chi connectivity index (χ3n) is 7.17. The number of rotatable bonds is 19. The van der Waals surface area contributed by atoms with Crippen LogP contribution in [0, 0.1) is 0 Å². The van der Waals surface area contributed by atoms with Gasteiger partial charge in [-0.2, -0.15) is 0 Å². The van der Waals surface area contributed by atoms with Gasteiger partial charge in [0, 0.05) is 43.6 Å². The van der Waals surface area contributed by atoms with Gasteiger partial charge in [-0.15, -0.1) is 0 Å². The number of fused-ring (bicyclic) bond motifs is 1. The summed E-state index contributed by atoms with van der Waals surface area (Å²) in [6, 6.07) is 6.49. The lowest BCUT2D eigenvalue weighted by atomic mass is 9.97. The molecule has 1 aliphatic heterocycles. The number of aromatic nitrogens is 2. The van der Waals surface area contributed by atoms with Gasteiger partial charge in [0.2, 0.25) is 0 Å². The zero-order chi connectivity index (χ0) is 25.4. The molecule has 36 heavy (non-hydrogen) atoms. The number of benzene rings is 1. The summed E-state index contributed by atoms with van der Waals surface area (Å²) in [4.78, 5) is 18.4. The molecular formula is C30H47N3O3. The Morgan fingerprint density at radius 1 is 1.00 bits per heavy atom. The van der Waals surface area contributed by atoms with Crippen LogP contribution in [-0.2, 0) is 16.1 Å². The average molecular weight is 498 g/mol. The van der Waals surface area contributed by atoms with E-state index in [1.54, 1.807) is 0 Å². The third-order valence-corrected chi connectivity index (χ3v) is 7.17. The van der Waals surface area contributed by atoms with Crippen LogP contribution in [0.2, 0.25) is 0 Å². The molecule has 0 bridgehead atoms. The SMILES string of the molecule is CCCCCCCCCCCCOc1ccc2c(c1)C(CCn1ccnc1)CN2CCC(=O)OCC. The summed E-state index contributed by atoms with van der Waals surface area (Å²) in [5, 5.41) is 0. The zero-order valence-electron chi connectivity index (χ0n) is 22.6. The van der Waals surface area contributed by atoms with Gasteiger partial charge in [-0.05, 0) is 43.5 Å². The van der Waals surface area contributed by atoms with Crippen molar-refractivity contribution in [3.8, 4) is 5.75 Å². The number of nitrogens with zero attached hydrogens (tertiary/aromatic N) is 3. The standard InChI is InChI=1S/C30H47N3O3/c1-3-5-6-7-8-9-10-11-12-13-22-36-27-14-15-29-28(23-27)26(16-19-32-21-18-31-25-32)24-33(29)20-17-30(34)35-4-2/h14-15,18,21,23,25-26H,3-13,16-17,19-20,22,24H2,1-2H3. The Balaban J connectivity index is 1.45. The molecule has 1 atom stereocenters. The van der Waals surface area contributed by atoms with Gasteiger partial charge in [0.25, 0.3) is 0 Å². The molecule has 0 saturated carbocycles. The maximum atomic E-state index is 11.9. The van der Waals surface area contributed by atoms with Crippen molar-refractivity contribution in [3.05, 3.63) is 42.5 Å². The molecular weight excluding hydrogens is 450 g/mol. The maximum absolute atomic E-state index is 11.9. The lowest BCUT2D eigenvalue weighted by Crippen LogP contribution is -2.25. The maximum Gasteiger partial charge on any atom is 0.307 e. The number of imidazole rings is 1.